The maximum absolute atomic E-state index is 13.6. The van der Waals surface area contributed by atoms with Crippen molar-refractivity contribution >= 4 is 29.1 Å². The van der Waals surface area contributed by atoms with Gasteiger partial charge in [-0.2, -0.15) is 5.10 Å². The minimum absolute atomic E-state index is 0.0920. The molecule has 144 valence electrons. The zero-order valence-electron chi connectivity index (χ0n) is 15.5. The first-order valence-corrected chi connectivity index (χ1v) is 8.69. The van der Waals surface area contributed by atoms with E-state index in [0.717, 1.165) is 17.2 Å². The largest absolute Gasteiger partial charge is 0.285 e. The average Bonchev–Trinajstić information content (AvgIpc) is 2.68. The maximum Gasteiger partial charge on any atom is 0.285 e. The number of hydrogen-bond donors (Lipinski definition) is 2. The normalized spacial score (nSPS) is 13.8. The fraction of sp³-hybridized carbons (Fsp3) is 0.200. The van der Waals surface area contributed by atoms with E-state index in [0.29, 0.717) is 5.69 Å². The summed E-state index contributed by atoms with van der Waals surface area (Å²) in [6.45, 7) is 3.74. The summed E-state index contributed by atoms with van der Waals surface area (Å²) in [5.41, 5.74) is 6.68. The van der Waals surface area contributed by atoms with Crippen molar-refractivity contribution in [2.45, 2.75) is 26.7 Å². The molecule has 7 nitrogen and oxygen atoms in total. The quantitative estimate of drug-likeness (QED) is 0.799. The minimum atomic E-state index is -0.787. The summed E-state index contributed by atoms with van der Waals surface area (Å²) in [6.07, 6.45) is 0.252. The van der Waals surface area contributed by atoms with Gasteiger partial charge in [-0.05, 0) is 43.2 Å². The second kappa shape index (κ2) is 7.99. The second-order valence-electron chi connectivity index (χ2n) is 6.43. The molecule has 0 radical (unpaired) electrons. The van der Waals surface area contributed by atoms with Crippen molar-refractivity contribution in [1.82, 2.24) is 10.9 Å². The number of anilines is 1. The molecule has 0 bridgehead atoms. The van der Waals surface area contributed by atoms with Crippen molar-refractivity contribution in [1.29, 1.82) is 0 Å². The van der Waals surface area contributed by atoms with Crippen LogP contribution in [-0.2, 0) is 9.59 Å². The van der Waals surface area contributed by atoms with Gasteiger partial charge in [-0.3, -0.25) is 25.2 Å². The van der Waals surface area contributed by atoms with Crippen molar-refractivity contribution in [3.8, 4) is 0 Å². The Morgan fingerprint density at radius 2 is 1.75 bits per heavy atom. The summed E-state index contributed by atoms with van der Waals surface area (Å²) in [5.74, 6) is -2.37. The number of nitrogens with one attached hydrogen (secondary N) is 2. The van der Waals surface area contributed by atoms with E-state index >= 15 is 0 Å². The summed E-state index contributed by atoms with van der Waals surface area (Å²) < 4.78 is 13.6. The molecule has 1 aliphatic rings. The Bertz CT molecular complexity index is 987. The van der Waals surface area contributed by atoms with Crippen LogP contribution in [0.3, 0.4) is 0 Å². The molecule has 2 N–H and O–H groups in total. The fourth-order valence-corrected chi connectivity index (χ4v) is 2.75. The molecule has 0 spiro atoms. The number of hydrazone groups is 1. The molecule has 0 aromatic heterocycles. The predicted molar refractivity (Wildman–Crippen MR) is 102 cm³/mol. The summed E-state index contributed by atoms with van der Waals surface area (Å²) in [7, 11) is 0. The molecule has 2 aromatic carbocycles. The maximum atomic E-state index is 13.6. The summed E-state index contributed by atoms with van der Waals surface area (Å²) in [5, 5.41) is 5.37. The van der Waals surface area contributed by atoms with Gasteiger partial charge in [0.05, 0.1) is 11.3 Å². The first kappa shape index (κ1) is 19.2. The van der Waals surface area contributed by atoms with Crippen LogP contribution >= 0.6 is 0 Å². The molecule has 3 amide bonds. The Morgan fingerprint density at radius 3 is 2.50 bits per heavy atom. The molecule has 0 fully saturated rings. The lowest BCUT2D eigenvalue weighted by atomic mass is 10.1. The van der Waals surface area contributed by atoms with Crippen molar-refractivity contribution in [2.75, 3.05) is 5.01 Å². The van der Waals surface area contributed by atoms with Crippen LogP contribution in [0.1, 0.15) is 34.3 Å². The van der Waals surface area contributed by atoms with Gasteiger partial charge >= 0.3 is 0 Å². The van der Waals surface area contributed by atoms with Crippen LogP contribution in [0, 0.1) is 19.7 Å². The molecule has 0 aliphatic carbocycles. The van der Waals surface area contributed by atoms with Gasteiger partial charge in [0.1, 0.15) is 11.5 Å². The number of aryl methyl sites for hydroxylation is 2. The number of benzene rings is 2. The fourth-order valence-electron chi connectivity index (χ4n) is 2.75. The van der Waals surface area contributed by atoms with Gasteiger partial charge in [-0.1, -0.05) is 24.3 Å². The number of carbonyl (C=O) groups excluding carboxylic acids is 3. The molecular weight excluding hydrogens is 363 g/mol. The van der Waals surface area contributed by atoms with Gasteiger partial charge in [0.15, 0.2) is 0 Å². The molecule has 1 aliphatic heterocycles. The number of halogens is 1. The van der Waals surface area contributed by atoms with Crippen LogP contribution in [0.5, 0.6) is 0 Å². The Morgan fingerprint density at radius 1 is 1.04 bits per heavy atom. The summed E-state index contributed by atoms with van der Waals surface area (Å²) in [6, 6.07) is 11.0. The van der Waals surface area contributed by atoms with Crippen LogP contribution in [0.15, 0.2) is 47.6 Å². The lowest BCUT2D eigenvalue weighted by Gasteiger charge is -2.24. The molecule has 2 aromatic rings. The highest BCUT2D eigenvalue weighted by atomic mass is 19.1. The molecule has 0 saturated heterocycles. The van der Waals surface area contributed by atoms with E-state index < -0.39 is 17.6 Å². The van der Waals surface area contributed by atoms with Crippen molar-refractivity contribution in [3.05, 3.63) is 65.0 Å². The highest BCUT2D eigenvalue weighted by Gasteiger charge is 2.27. The van der Waals surface area contributed by atoms with Crippen LogP contribution < -0.4 is 15.9 Å². The van der Waals surface area contributed by atoms with Crippen LogP contribution in [0.4, 0.5) is 10.1 Å². The van der Waals surface area contributed by atoms with Gasteiger partial charge in [0.25, 0.3) is 11.8 Å². The number of nitrogens with zero attached hydrogens (tertiary/aromatic N) is 2. The lowest BCUT2D eigenvalue weighted by Crippen LogP contribution is -2.47. The van der Waals surface area contributed by atoms with Gasteiger partial charge in [0, 0.05) is 12.8 Å². The third-order valence-electron chi connectivity index (χ3n) is 4.30. The summed E-state index contributed by atoms with van der Waals surface area (Å²) in [4.78, 5) is 36.7. The van der Waals surface area contributed by atoms with Crippen LogP contribution in [-0.4, -0.2) is 23.4 Å². The topological polar surface area (TPSA) is 90.9 Å². The average molecular weight is 382 g/mol. The Balaban J connectivity index is 1.74. The standard InChI is InChI=1S/C20H19FN4O3/c1-12-7-8-13(2)17(11-12)25-18(26)10-9-16(24-25)20(28)23-22-19(27)14-5-3-4-6-15(14)21/h3-8,11H,9-10H2,1-2H3,(H,22,27)(H,23,28). The Kier molecular flexibility index (Phi) is 5.49. The molecule has 28 heavy (non-hydrogen) atoms. The smallest absolute Gasteiger partial charge is 0.273 e. The first-order valence-electron chi connectivity index (χ1n) is 8.69. The predicted octanol–water partition coefficient (Wildman–Crippen LogP) is 2.39. The molecule has 1 heterocycles. The molecule has 0 atom stereocenters. The van der Waals surface area contributed by atoms with E-state index in [1.165, 1.54) is 23.2 Å². The highest BCUT2D eigenvalue weighted by molar-refractivity contribution is 6.40. The molecular formula is C20H19FN4O3. The zero-order chi connectivity index (χ0) is 20.3. The Hall–Kier alpha value is -3.55. The zero-order valence-corrected chi connectivity index (χ0v) is 15.5. The third kappa shape index (κ3) is 4.06. The van der Waals surface area contributed by atoms with Gasteiger partial charge < -0.3 is 0 Å². The van der Waals surface area contributed by atoms with Crippen molar-refractivity contribution < 1.29 is 18.8 Å². The first-order chi connectivity index (χ1) is 13.4. The highest BCUT2D eigenvalue weighted by Crippen LogP contribution is 2.25. The number of hydrogen-bond acceptors (Lipinski definition) is 4. The van der Waals surface area contributed by atoms with E-state index in [4.69, 9.17) is 0 Å². The van der Waals surface area contributed by atoms with Crippen molar-refractivity contribution in [3.63, 3.8) is 0 Å². The molecule has 0 unspecified atom stereocenters. The van der Waals surface area contributed by atoms with E-state index in [1.54, 1.807) is 0 Å². The van der Waals surface area contributed by atoms with E-state index in [2.05, 4.69) is 16.0 Å². The summed E-state index contributed by atoms with van der Waals surface area (Å²) >= 11 is 0. The van der Waals surface area contributed by atoms with Gasteiger partial charge in [-0.15, -0.1) is 0 Å². The number of rotatable bonds is 3. The van der Waals surface area contributed by atoms with E-state index in [9.17, 15) is 18.8 Å². The van der Waals surface area contributed by atoms with Crippen LogP contribution in [0.2, 0.25) is 0 Å². The SMILES string of the molecule is Cc1ccc(C)c(N2N=C(C(=O)NNC(=O)c3ccccc3F)CCC2=O)c1. The van der Waals surface area contributed by atoms with Crippen molar-refractivity contribution in [2.24, 2.45) is 5.10 Å². The monoisotopic (exact) mass is 382 g/mol. The Labute approximate surface area is 161 Å². The number of amides is 3. The number of hydrazine groups is 1. The number of carbonyl (C=O) groups is 3. The van der Waals surface area contributed by atoms with Gasteiger partial charge in [-0.25, -0.2) is 9.40 Å². The van der Waals surface area contributed by atoms with E-state index in [-0.39, 0.29) is 30.0 Å². The van der Waals surface area contributed by atoms with Crippen LogP contribution in [0.25, 0.3) is 0 Å². The van der Waals surface area contributed by atoms with E-state index in [1.807, 2.05) is 32.0 Å². The lowest BCUT2D eigenvalue weighted by molar-refractivity contribution is -0.119. The molecule has 3 rings (SSSR count). The van der Waals surface area contributed by atoms with Gasteiger partial charge in [0.2, 0.25) is 5.91 Å². The minimum Gasteiger partial charge on any atom is -0.273 e. The second-order valence-corrected chi connectivity index (χ2v) is 6.43. The molecule has 8 heteroatoms. The molecule has 0 saturated carbocycles. The third-order valence-corrected chi connectivity index (χ3v) is 4.30.